The summed E-state index contributed by atoms with van der Waals surface area (Å²) in [4.78, 5) is 16.8. The maximum Gasteiger partial charge on any atom is 0.408 e. The molecule has 0 bridgehead atoms. The first-order valence-corrected chi connectivity index (χ1v) is 11.1. The maximum absolute atomic E-state index is 12.4. The minimum absolute atomic E-state index is 0.252. The van der Waals surface area contributed by atoms with Gasteiger partial charge < -0.3 is 14.8 Å². The Balaban J connectivity index is 1.75. The fourth-order valence-electron chi connectivity index (χ4n) is 3.65. The van der Waals surface area contributed by atoms with Crippen LogP contribution in [0.3, 0.4) is 0 Å². The first kappa shape index (κ1) is 23.9. The molecule has 1 atom stereocenters. The topological polar surface area (TPSA) is 77.8 Å². The Morgan fingerprint density at radius 3 is 2.66 bits per heavy atom. The van der Waals surface area contributed by atoms with Crippen LogP contribution in [0.2, 0.25) is 5.02 Å². The third-order valence-electron chi connectivity index (χ3n) is 4.73. The van der Waals surface area contributed by atoms with Crippen molar-refractivity contribution >= 4 is 23.3 Å². The van der Waals surface area contributed by atoms with Crippen molar-refractivity contribution in [3.8, 4) is 16.9 Å². The van der Waals surface area contributed by atoms with Gasteiger partial charge in [0, 0.05) is 18.0 Å². The van der Waals surface area contributed by atoms with E-state index >= 15 is 0 Å². The molecule has 0 aliphatic carbocycles. The highest BCUT2D eigenvalue weighted by molar-refractivity contribution is 6.32. The summed E-state index contributed by atoms with van der Waals surface area (Å²) in [6.45, 7) is 11.9. The van der Waals surface area contributed by atoms with Crippen LogP contribution in [-0.2, 0) is 4.74 Å². The number of ether oxygens (including phenoxy) is 2. The molecule has 3 rings (SSSR count). The Hall–Kier alpha value is -2.80. The molecule has 0 fully saturated rings. The number of carbonyl (C=O) groups is 1. The highest BCUT2D eigenvalue weighted by Crippen LogP contribution is 2.32. The van der Waals surface area contributed by atoms with E-state index in [0.717, 1.165) is 23.2 Å². The fraction of sp³-hybridized carbons (Fsp3) is 0.458. The van der Waals surface area contributed by atoms with Crippen molar-refractivity contribution in [2.45, 2.75) is 59.1 Å². The van der Waals surface area contributed by atoms with E-state index < -0.39 is 17.2 Å². The lowest BCUT2D eigenvalue weighted by Gasteiger charge is -2.33. The number of fused-ring (bicyclic) bond motifs is 1. The van der Waals surface area contributed by atoms with Crippen molar-refractivity contribution in [3.63, 3.8) is 0 Å². The van der Waals surface area contributed by atoms with Crippen molar-refractivity contribution in [1.29, 1.82) is 0 Å². The summed E-state index contributed by atoms with van der Waals surface area (Å²) in [5, 5.41) is 7.77. The summed E-state index contributed by atoms with van der Waals surface area (Å²) in [7, 11) is 0. The Kier molecular flexibility index (Phi) is 6.98. The minimum Gasteiger partial charge on any atom is -0.490 e. The smallest absolute Gasteiger partial charge is 0.408 e. The molecule has 0 radical (unpaired) electrons. The SMILES string of the molecule is CC(C)C[C@@](C)(COc1ccc(-c2cnn3cccnc23)cc1Cl)NC(=O)OC(C)(C)C. The summed E-state index contributed by atoms with van der Waals surface area (Å²) in [6, 6.07) is 7.41. The molecule has 0 unspecified atom stereocenters. The average Bonchev–Trinajstić information content (AvgIpc) is 3.08. The number of carbonyl (C=O) groups excluding carboxylic acids is 1. The van der Waals surface area contributed by atoms with Crippen molar-refractivity contribution in [2.24, 2.45) is 5.92 Å². The number of nitrogens with zero attached hydrogens (tertiary/aromatic N) is 3. The van der Waals surface area contributed by atoms with E-state index in [1.165, 1.54) is 0 Å². The summed E-state index contributed by atoms with van der Waals surface area (Å²) in [5.41, 5.74) is 1.34. The second-order valence-electron chi connectivity index (χ2n) is 9.67. The minimum atomic E-state index is -0.620. The summed E-state index contributed by atoms with van der Waals surface area (Å²) in [5.74, 6) is 0.889. The third kappa shape index (κ3) is 6.13. The molecule has 2 heterocycles. The largest absolute Gasteiger partial charge is 0.490 e. The monoisotopic (exact) mass is 458 g/mol. The lowest BCUT2D eigenvalue weighted by molar-refractivity contribution is 0.0408. The standard InChI is InChI=1S/C24H31ClN4O3/c1-16(2)13-24(6,28-22(30)32-23(3,4)5)15-31-20-9-8-17(12-19(20)25)18-14-27-29-11-7-10-26-21(18)29/h7-12,14,16H,13,15H2,1-6H3,(H,28,30)/t24-/m0/s1. The second kappa shape index (κ2) is 9.36. The van der Waals surface area contributed by atoms with E-state index in [0.29, 0.717) is 16.7 Å². The molecule has 7 nitrogen and oxygen atoms in total. The molecule has 2 aromatic heterocycles. The summed E-state index contributed by atoms with van der Waals surface area (Å²) in [6.07, 6.45) is 5.59. The number of benzene rings is 1. The van der Waals surface area contributed by atoms with Gasteiger partial charge in [-0.3, -0.25) is 0 Å². The van der Waals surface area contributed by atoms with Gasteiger partial charge in [0.15, 0.2) is 5.65 Å². The maximum atomic E-state index is 12.4. The highest BCUT2D eigenvalue weighted by Gasteiger charge is 2.31. The van der Waals surface area contributed by atoms with Crippen LogP contribution in [0, 0.1) is 5.92 Å². The molecule has 1 aromatic carbocycles. The quantitative estimate of drug-likeness (QED) is 0.487. The number of hydrogen-bond donors (Lipinski definition) is 1. The number of nitrogens with one attached hydrogen (secondary N) is 1. The van der Waals surface area contributed by atoms with Crippen LogP contribution in [0.1, 0.15) is 48.0 Å². The van der Waals surface area contributed by atoms with E-state index in [4.69, 9.17) is 21.1 Å². The first-order valence-electron chi connectivity index (χ1n) is 10.7. The fourth-order valence-corrected chi connectivity index (χ4v) is 3.89. The molecular weight excluding hydrogens is 428 g/mol. The van der Waals surface area contributed by atoms with Crippen LogP contribution in [0.15, 0.2) is 42.9 Å². The average molecular weight is 459 g/mol. The zero-order valence-corrected chi connectivity index (χ0v) is 20.2. The molecule has 32 heavy (non-hydrogen) atoms. The van der Waals surface area contributed by atoms with Crippen LogP contribution < -0.4 is 10.1 Å². The molecule has 1 N–H and O–H groups in total. The van der Waals surface area contributed by atoms with Gasteiger partial charge in [-0.05, 0) is 63.8 Å². The van der Waals surface area contributed by atoms with Gasteiger partial charge in [-0.2, -0.15) is 5.10 Å². The molecule has 1 amide bonds. The van der Waals surface area contributed by atoms with Gasteiger partial charge in [-0.1, -0.05) is 31.5 Å². The van der Waals surface area contributed by atoms with Crippen LogP contribution in [-0.4, -0.2) is 38.4 Å². The number of alkyl carbamates (subject to hydrolysis) is 1. The Morgan fingerprint density at radius 2 is 2.00 bits per heavy atom. The van der Waals surface area contributed by atoms with Crippen LogP contribution in [0.5, 0.6) is 5.75 Å². The number of halogens is 1. The predicted molar refractivity (Wildman–Crippen MR) is 126 cm³/mol. The molecular formula is C24H31ClN4O3. The molecule has 8 heteroatoms. The Morgan fingerprint density at radius 1 is 1.25 bits per heavy atom. The molecule has 0 saturated heterocycles. The Bertz CT molecular complexity index is 1090. The molecule has 0 saturated carbocycles. The highest BCUT2D eigenvalue weighted by atomic mass is 35.5. The normalized spacial score (nSPS) is 13.8. The van der Waals surface area contributed by atoms with Gasteiger partial charge >= 0.3 is 6.09 Å². The zero-order chi connectivity index (χ0) is 23.5. The number of aromatic nitrogens is 3. The van der Waals surface area contributed by atoms with E-state index in [-0.39, 0.29) is 6.61 Å². The van der Waals surface area contributed by atoms with E-state index in [1.807, 2.05) is 58.2 Å². The Labute approximate surface area is 194 Å². The molecule has 0 aliphatic heterocycles. The van der Waals surface area contributed by atoms with Crippen molar-refractivity contribution < 1.29 is 14.3 Å². The number of amides is 1. The van der Waals surface area contributed by atoms with E-state index in [2.05, 4.69) is 29.2 Å². The van der Waals surface area contributed by atoms with E-state index in [1.54, 1.807) is 16.9 Å². The van der Waals surface area contributed by atoms with Gasteiger partial charge in [0.2, 0.25) is 0 Å². The molecule has 0 spiro atoms. The van der Waals surface area contributed by atoms with E-state index in [9.17, 15) is 4.79 Å². The van der Waals surface area contributed by atoms with Gasteiger partial charge in [-0.15, -0.1) is 0 Å². The predicted octanol–water partition coefficient (Wildman–Crippen LogP) is 5.76. The van der Waals surface area contributed by atoms with Crippen LogP contribution >= 0.6 is 11.6 Å². The van der Waals surface area contributed by atoms with Gasteiger partial charge in [0.25, 0.3) is 0 Å². The molecule has 0 aliphatic rings. The first-order chi connectivity index (χ1) is 15.0. The summed E-state index contributed by atoms with van der Waals surface area (Å²) >= 11 is 6.54. The van der Waals surface area contributed by atoms with Crippen molar-refractivity contribution in [2.75, 3.05) is 6.61 Å². The van der Waals surface area contributed by atoms with Gasteiger partial charge in [-0.25, -0.2) is 14.3 Å². The molecule has 3 aromatic rings. The number of hydrogen-bond acceptors (Lipinski definition) is 5. The van der Waals surface area contributed by atoms with Crippen molar-refractivity contribution in [3.05, 3.63) is 47.9 Å². The lowest BCUT2D eigenvalue weighted by atomic mass is 9.91. The molecule has 172 valence electrons. The van der Waals surface area contributed by atoms with Crippen LogP contribution in [0.4, 0.5) is 4.79 Å². The number of rotatable bonds is 7. The third-order valence-corrected chi connectivity index (χ3v) is 5.03. The zero-order valence-electron chi connectivity index (χ0n) is 19.5. The van der Waals surface area contributed by atoms with Crippen LogP contribution in [0.25, 0.3) is 16.8 Å². The second-order valence-corrected chi connectivity index (χ2v) is 10.1. The summed E-state index contributed by atoms with van der Waals surface area (Å²) < 4.78 is 13.2. The van der Waals surface area contributed by atoms with Crippen molar-refractivity contribution in [1.82, 2.24) is 19.9 Å². The lowest BCUT2D eigenvalue weighted by Crippen LogP contribution is -2.52. The van der Waals surface area contributed by atoms with Gasteiger partial charge in [0.05, 0.1) is 16.8 Å². The van der Waals surface area contributed by atoms with Gasteiger partial charge in [0.1, 0.15) is 18.0 Å².